The second-order valence-corrected chi connectivity index (χ2v) is 13.6. The molecule has 2 heterocycles. The maximum absolute atomic E-state index is 13.5. The van der Waals surface area contributed by atoms with E-state index in [1.54, 1.807) is 22.8 Å². The molecule has 3 N–H and O–H groups in total. The monoisotopic (exact) mass is 537 g/mol. The van der Waals surface area contributed by atoms with Crippen molar-refractivity contribution >= 4 is 33.3 Å². The predicted molar refractivity (Wildman–Crippen MR) is 136 cm³/mol. The number of nitrogens with one attached hydrogen (secondary N) is 1. The van der Waals surface area contributed by atoms with Crippen molar-refractivity contribution in [1.29, 1.82) is 0 Å². The van der Waals surface area contributed by atoms with Gasteiger partial charge in [-0.1, -0.05) is 23.7 Å². The van der Waals surface area contributed by atoms with Crippen LogP contribution >= 0.6 is 11.6 Å². The van der Waals surface area contributed by atoms with Crippen LogP contribution in [0.1, 0.15) is 58.8 Å². The minimum atomic E-state index is -3.71. The molecule has 1 saturated carbocycles. The largest absolute Gasteiger partial charge is 0.396 e. The van der Waals surface area contributed by atoms with Crippen LogP contribution in [-0.4, -0.2) is 75.7 Å². The number of benzene rings is 1. The van der Waals surface area contributed by atoms with Crippen LogP contribution in [0.3, 0.4) is 0 Å². The Balaban J connectivity index is 1.56. The van der Waals surface area contributed by atoms with Gasteiger partial charge in [-0.2, -0.15) is 0 Å². The van der Waals surface area contributed by atoms with Gasteiger partial charge in [0.15, 0.2) is 9.84 Å². The van der Waals surface area contributed by atoms with Crippen LogP contribution in [0, 0.1) is 0 Å². The van der Waals surface area contributed by atoms with Gasteiger partial charge in [0.05, 0.1) is 16.1 Å². The molecule has 0 spiro atoms. The normalized spacial score (nSPS) is 17.1. The fourth-order valence-corrected chi connectivity index (χ4v) is 7.19. The molecule has 1 aliphatic heterocycles. The van der Waals surface area contributed by atoms with Gasteiger partial charge in [-0.15, -0.1) is 0 Å². The van der Waals surface area contributed by atoms with E-state index in [1.807, 2.05) is 12.1 Å². The zero-order valence-corrected chi connectivity index (χ0v) is 22.0. The lowest BCUT2D eigenvalue weighted by Crippen LogP contribution is -2.52. The first-order valence-corrected chi connectivity index (χ1v) is 13.8. The number of carbonyl (C=O) groups is 2. The SMILES string of the molecule is CC(C)(CO)S(=O)(=O)C1(CN2CCn3c(C(=O)NCc4ccc(Cl)cc4)cc(CCO)c3C2=O)CC1. The average Bonchev–Trinajstić information content (AvgIpc) is 3.55. The van der Waals surface area contributed by atoms with Crippen molar-refractivity contribution in [2.45, 2.75) is 55.7 Å². The molecule has 9 nitrogen and oxygen atoms in total. The van der Waals surface area contributed by atoms with Crippen LogP contribution in [0.2, 0.25) is 5.02 Å². The van der Waals surface area contributed by atoms with Crippen molar-refractivity contribution in [3.63, 3.8) is 0 Å². The van der Waals surface area contributed by atoms with E-state index < -0.39 is 25.9 Å². The summed E-state index contributed by atoms with van der Waals surface area (Å²) in [6.45, 7) is 3.22. The fourth-order valence-electron chi connectivity index (χ4n) is 4.76. The Morgan fingerprint density at radius 2 is 1.83 bits per heavy atom. The number of amides is 2. The maximum atomic E-state index is 13.5. The lowest BCUT2D eigenvalue weighted by molar-refractivity contribution is 0.0696. The summed E-state index contributed by atoms with van der Waals surface area (Å²) in [5.41, 5.74) is 2.05. The standard InChI is InChI=1S/C25H32ClN3O6S/c1-24(2,16-31)36(34,35)25(8-9-25)15-28-10-11-29-20(13-18(7-12-30)21(29)23(28)33)22(32)27-14-17-3-5-19(26)6-4-17/h3-6,13,30-31H,7-12,14-16H2,1-2H3,(H,27,32). The first-order chi connectivity index (χ1) is 17.0. The zero-order chi connectivity index (χ0) is 26.3. The number of rotatable bonds is 10. The number of aromatic nitrogens is 1. The number of hydrogen-bond acceptors (Lipinski definition) is 6. The third-order valence-electron chi connectivity index (χ3n) is 7.20. The second kappa shape index (κ2) is 9.81. The van der Waals surface area contributed by atoms with Crippen LogP contribution in [-0.2, 0) is 29.3 Å². The number of carbonyl (C=O) groups excluding carboxylic acids is 2. The molecule has 1 fully saturated rings. The van der Waals surface area contributed by atoms with Crippen molar-refractivity contribution in [3.05, 3.63) is 57.9 Å². The van der Waals surface area contributed by atoms with Crippen LogP contribution in [0.4, 0.5) is 0 Å². The number of aliphatic hydroxyl groups excluding tert-OH is 2. The van der Waals surface area contributed by atoms with Gasteiger partial charge in [-0.25, -0.2) is 8.42 Å². The summed E-state index contributed by atoms with van der Waals surface area (Å²) in [6.07, 6.45) is 1.07. The Morgan fingerprint density at radius 1 is 1.17 bits per heavy atom. The number of hydrogen-bond donors (Lipinski definition) is 3. The van der Waals surface area contributed by atoms with Crippen molar-refractivity contribution in [3.8, 4) is 0 Å². The van der Waals surface area contributed by atoms with E-state index in [0.29, 0.717) is 41.4 Å². The van der Waals surface area contributed by atoms with Crippen molar-refractivity contribution in [2.24, 2.45) is 0 Å². The topological polar surface area (TPSA) is 129 Å². The molecule has 196 valence electrons. The van der Waals surface area contributed by atoms with Gasteiger partial charge in [0, 0.05) is 37.8 Å². The van der Waals surface area contributed by atoms with Gasteiger partial charge in [-0.05, 0) is 62.4 Å². The highest BCUT2D eigenvalue weighted by Crippen LogP contribution is 2.49. The van der Waals surface area contributed by atoms with Crippen molar-refractivity contribution < 1.29 is 28.2 Å². The first-order valence-electron chi connectivity index (χ1n) is 12.0. The predicted octanol–water partition coefficient (Wildman–Crippen LogP) is 1.78. The lowest BCUT2D eigenvalue weighted by atomic mass is 10.1. The van der Waals surface area contributed by atoms with E-state index in [4.69, 9.17) is 11.6 Å². The summed E-state index contributed by atoms with van der Waals surface area (Å²) < 4.78 is 25.8. The van der Waals surface area contributed by atoms with Crippen LogP contribution in [0.5, 0.6) is 0 Å². The summed E-state index contributed by atoms with van der Waals surface area (Å²) in [5.74, 6) is -0.702. The Morgan fingerprint density at radius 3 is 2.42 bits per heavy atom. The van der Waals surface area contributed by atoms with E-state index in [0.717, 1.165) is 5.56 Å². The van der Waals surface area contributed by atoms with Gasteiger partial charge >= 0.3 is 0 Å². The molecule has 1 aliphatic carbocycles. The minimum Gasteiger partial charge on any atom is -0.396 e. The number of aliphatic hydroxyl groups is 2. The fraction of sp³-hybridized carbons (Fsp3) is 0.520. The number of nitrogens with zero attached hydrogens (tertiary/aromatic N) is 2. The number of fused-ring (bicyclic) bond motifs is 1. The summed E-state index contributed by atoms with van der Waals surface area (Å²) in [7, 11) is -3.71. The van der Waals surface area contributed by atoms with E-state index in [-0.39, 0.29) is 44.5 Å². The molecule has 0 unspecified atom stereocenters. The second-order valence-electron chi connectivity index (χ2n) is 10.2. The van der Waals surface area contributed by atoms with Gasteiger partial charge in [-0.3, -0.25) is 9.59 Å². The highest BCUT2D eigenvalue weighted by molar-refractivity contribution is 7.94. The van der Waals surface area contributed by atoms with E-state index in [2.05, 4.69) is 5.32 Å². The van der Waals surface area contributed by atoms with Crippen LogP contribution in [0.25, 0.3) is 0 Å². The molecular formula is C25H32ClN3O6S. The molecule has 1 aromatic carbocycles. The summed E-state index contributed by atoms with van der Waals surface area (Å²) >= 11 is 5.91. The first kappa shape index (κ1) is 26.7. The Hall–Kier alpha value is -2.40. The molecule has 36 heavy (non-hydrogen) atoms. The summed E-state index contributed by atoms with van der Waals surface area (Å²) in [5, 5.41) is 22.7. The quantitative estimate of drug-likeness (QED) is 0.424. The molecule has 4 rings (SSSR count). The van der Waals surface area contributed by atoms with Crippen molar-refractivity contribution in [2.75, 3.05) is 26.3 Å². The van der Waals surface area contributed by atoms with E-state index in [9.17, 15) is 28.2 Å². The number of halogens is 1. The summed E-state index contributed by atoms with van der Waals surface area (Å²) in [6, 6.07) is 8.73. The van der Waals surface area contributed by atoms with E-state index in [1.165, 1.54) is 18.7 Å². The Labute approximate surface area is 216 Å². The minimum absolute atomic E-state index is 0.0411. The molecule has 0 bridgehead atoms. The number of sulfone groups is 1. The molecule has 2 aliphatic rings. The van der Waals surface area contributed by atoms with Gasteiger partial charge in [0.2, 0.25) is 0 Å². The maximum Gasteiger partial charge on any atom is 0.270 e. The van der Waals surface area contributed by atoms with Crippen LogP contribution < -0.4 is 5.32 Å². The molecule has 0 atom stereocenters. The third-order valence-corrected chi connectivity index (χ3v) is 10.7. The van der Waals surface area contributed by atoms with Gasteiger partial charge in [0.25, 0.3) is 11.8 Å². The highest BCUT2D eigenvalue weighted by atomic mass is 35.5. The third kappa shape index (κ3) is 4.67. The van der Waals surface area contributed by atoms with Crippen molar-refractivity contribution in [1.82, 2.24) is 14.8 Å². The summed E-state index contributed by atoms with van der Waals surface area (Å²) in [4.78, 5) is 28.1. The average molecular weight is 538 g/mol. The van der Waals surface area contributed by atoms with Crippen LogP contribution in [0.15, 0.2) is 30.3 Å². The van der Waals surface area contributed by atoms with E-state index >= 15 is 0 Å². The highest BCUT2D eigenvalue weighted by Gasteiger charge is 2.60. The smallest absolute Gasteiger partial charge is 0.270 e. The molecule has 2 aromatic rings. The Bertz CT molecular complexity index is 1270. The lowest BCUT2D eigenvalue weighted by Gasteiger charge is -2.35. The molecule has 1 aromatic heterocycles. The van der Waals surface area contributed by atoms with Gasteiger partial charge in [0.1, 0.15) is 11.4 Å². The molecule has 2 amide bonds. The molecular weight excluding hydrogens is 506 g/mol. The molecule has 0 saturated heterocycles. The van der Waals surface area contributed by atoms with Gasteiger partial charge < -0.3 is 25.0 Å². The molecule has 0 radical (unpaired) electrons. The zero-order valence-electron chi connectivity index (χ0n) is 20.5. The molecule has 11 heteroatoms. The Kier molecular flexibility index (Phi) is 7.27.